The topological polar surface area (TPSA) is 66.8 Å². The highest BCUT2D eigenvalue weighted by Crippen LogP contribution is 2.32. The van der Waals surface area contributed by atoms with Gasteiger partial charge >= 0.3 is 5.97 Å². The number of benzene rings is 1. The van der Waals surface area contributed by atoms with Crippen LogP contribution >= 0.6 is 11.6 Å². The van der Waals surface area contributed by atoms with Crippen molar-refractivity contribution in [3.05, 3.63) is 23.2 Å². The van der Waals surface area contributed by atoms with Crippen molar-refractivity contribution in [2.75, 3.05) is 18.6 Å². The molecule has 1 N–H and O–H groups in total. The van der Waals surface area contributed by atoms with Crippen LogP contribution in [-0.4, -0.2) is 30.6 Å². The number of carbonyl (C=O) groups excluding carboxylic acids is 1. The van der Waals surface area contributed by atoms with Gasteiger partial charge in [0.15, 0.2) is 0 Å². The standard InChI is InChI=1S/C12H12ClNO4/c1-18-10-5-8(2-3-9(10)13)14-6-7(12(16)17)4-11(14)15/h2-3,5,7H,4,6H2,1H3,(H,16,17). The summed E-state index contributed by atoms with van der Waals surface area (Å²) in [6.07, 6.45) is 0.0281. The number of carboxylic acid groups (broad SMARTS) is 1. The summed E-state index contributed by atoms with van der Waals surface area (Å²) in [5.41, 5.74) is 0.602. The van der Waals surface area contributed by atoms with E-state index in [4.69, 9.17) is 21.4 Å². The summed E-state index contributed by atoms with van der Waals surface area (Å²) in [5, 5.41) is 9.36. The van der Waals surface area contributed by atoms with Crippen molar-refractivity contribution < 1.29 is 19.4 Å². The number of carbonyl (C=O) groups is 2. The number of carboxylic acids is 1. The van der Waals surface area contributed by atoms with Crippen LogP contribution < -0.4 is 9.64 Å². The first-order valence-electron chi connectivity index (χ1n) is 5.39. The van der Waals surface area contributed by atoms with E-state index in [-0.39, 0.29) is 18.9 Å². The normalized spacial score (nSPS) is 19.1. The van der Waals surface area contributed by atoms with E-state index in [1.807, 2.05) is 0 Å². The fourth-order valence-electron chi connectivity index (χ4n) is 1.94. The fourth-order valence-corrected chi connectivity index (χ4v) is 2.13. The van der Waals surface area contributed by atoms with E-state index in [0.717, 1.165) is 0 Å². The summed E-state index contributed by atoms with van der Waals surface area (Å²) in [6.45, 7) is 0.180. The van der Waals surface area contributed by atoms with Crippen molar-refractivity contribution >= 4 is 29.2 Å². The number of hydrogen-bond acceptors (Lipinski definition) is 3. The van der Waals surface area contributed by atoms with E-state index in [2.05, 4.69) is 0 Å². The van der Waals surface area contributed by atoms with Crippen LogP contribution in [0.5, 0.6) is 5.75 Å². The van der Waals surface area contributed by atoms with Gasteiger partial charge in [-0.3, -0.25) is 9.59 Å². The summed E-state index contributed by atoms with van der Waals surface area (Å²) in [4.78, 5) is 24.1. The van der Waals surface area contributed by atoms with Crippen LogP contribution in [0, 0.1) is 5.92 Å². The predicted molar refractivity (Wildman–Crippen MR) is 66.1 cm³/mol. The summed E-state index contributed by atoms with van der Waals surface area (Å²) in [5.74, 6) is -1.35. The van der Waals surface area contributed by atoms with Crippen LogP contribution in [0.15, 0.2) is 18.2 Å². The molecule has 1 aliphatic rings. The third kappa shape index (κ3) is 2.26. The van der Waals surface area contributed by atoms with E-state index in [1.54, 1.807) is 18.2 Å². The Kier molecular flexibility index (Phi) is 3.43. The van der Waals surface area contributed by atoms with Gasteiger partial charge < -0.3 is 14.7 Å². The number of halogens is 1. The minimum Gasteiger partial charge on any atom is -0.495 e. The van der Waals surface area contributed by atoms with Crippen molar-refractivity contribution in [1.82, 2.24) is 0 Å². The molecule has 1 heterocycles. The molecule has 5 nitrogen and oxygen atoms in total. The molecule has 18 heavy (non-hydrogen) atoms. The molecule has 0 spiro atoms. The third-order valence-corrected chi connectivity index (χ3v) is 3.23. The number of ether oxygens (including phenoxy) is 1. The Morgan fingerprint density at radius 1 is 1.56 bits per heavy atom. The van der Waals surface area contributed by atoms with Crippen molar-refractivity contribution in [2.45, 2.75) is 6.42 Å². The minimum absolute atomic E-state index is 0.0281. The molecule has 6 heteroatoms. The maximum absolute atomic E-state index is 11.8. The summed E-state index contributed by atoms with van der Waals surface area (Å²) < 4.78 is 5.07. The van der Waals surface area contributed by atoms with Gasteiger partial charge in [-0.1, -0.05) is 11.6 Å². The molecule has 2 rings (SSSR count). The molecule has 1 fully saturated rings. The molecule has 0 saturated carbocycles. The van der Waals surface area contributed by atoms with Gasteiger partial charge in [0, 0.05) is 24.7 Å². The van der Waals surface area contributed by atoms with E-state index >= 15 is 0 Å². The fraction of sp³-hybridized carbons (Fsp3) is 0.333. The molecule has 1 aromatic rings. The Labute approximate surface area is 109 Å². The lowest BCUT2D eigenvalue weighted by Crippen LogP contribution is -2.25. The molecule has 1 atom stereocenters. The van der Waals surface area contributed by atoms with Crippen LogP contribution in [-0.2, 0) is 9.59 Å². The first kappa shape index (κ1) is 12.7. The van der Waals surface area contributed by atoms with Crippen molar-refractivity contribution in [3.8, 4) is 5.75 Å². The van der Waals surface area contributed by atoms with Crippen LogP contribution in [0.2, 0.25) is 5.02 Å². The average molecular weight is 270 g/mol. The molecule has 0 radical (unpaired) electrons. The second-order valence-corrected chi connectivity index (χ2v) is 4.47. The quantitative estimate of drug-likeness (QED) is 0.908. The second-order valence-electron chi connectivity index (χ2n) is 4.06. The number of aliphatic carboxylic acids is 1. The molecule has 1 amide bonds. The van der Waals surface area contributed by atoms with Gasteiger partial charge in [-0.25, -0.2) is 0 Å². The Bertz CT molecular complexity index is 503. The van der Waals surface area contributed by atoms with E-state index < -0.39 is 11.9 Å². The van der Waals surface area contributed by atoms with Gasteiger partial charge in [-0.15, -0.1) is 0 Å². The lowest BCUT2D eigenvalue weighted by atomic mass is 10.1. The maximum Gasteiger partial charge on any atom is 0.308 e. The molecule has 1 aromatic carbocycles. The average Bonchev–Trinajstić information content (AvgIpc) is 2.72. The predicted octanol–water partition coefficient (Wildman–Crippen LogP) is 1.79. The lowest BCUT2D eigenvalue weighted by molar-refractivity contribution is -0.141. The second kappa shape index (κ2) is 4.86. The molecule has 1 saturated heterocycles. The van der Waals surface area contributed by atoms with Gasteiger partial charge in [0.05, 0.1) is 18.1 Å². The minimum atomic E-state index is -0.952. The van der Waals surface area contributed by atoms with Crippen LogP contribution in [0.25, 0.3) is 0 Å². The zero-order chi connectivity index (χ0) is 13.3. The summed E-state index contributed by atoms with van der Waals surface area (Å²) >= 11 is 5.90. The zero-order valence-electron chi connectivity index (χ0n) is 9.72. The van der Waals surface area contributed by atoms with Gasteiger partial charge in [0.1, 0.15) is 5.75 Å². The highest BCUT2D eigenvalue weighted by Gasteiger charge is 2.35. The zero-order valence-corrected chi connectivity index (χ0v) is 10.5. The smallest absolute Gasteiger partial charge is 0.308 e. The number of amides is 1. The Morgan fingerprint density at radius 2 is 2.28 bits per heavy atom. The molecule has 1 unspecified atom stereocenters. The number of nitrogens with zero attached hydrogens (tertiary/aromatic N) is 1. The first-order chi connectivity index (χ1) is 8.52. The van der Waals surface area contributed by atoms with Gasteiger partial charge in [-0.2, -0.15) is 0 Å². The molecule has 0 aliphatic carbocycles. The first-order valence-corrected chi connectivity index (χ1v) is 5.77. The van der Waals surface area contributed by atoms with E-state index in [1.165, 1.54) is 12.0 Å². The third-order valence-electron chi connectivity index (χ3n) is 2.92. The van der Waals surface area contributed by atoms with E-state index in [9.17, 15) is 9.59 Å². The Morgan fingerprint density at radius 3 is 2.83 bits per heavy atom. The molecule has 0 bridgehead atoms. The highest BCUT2D eigenvalue weighted by molar-refractivity contribution is 6.32. The van der Waals surface area contributed by atoms with Crippen LogP contribution in [0.4, 0.5) is 5.69 Å². The largest absolute Gasteiger partial charge is 0.495 e. The molecule has 1 aliphatic heterocycles. The van der Waals surface area contributed by atoms with Crippen molar-refractivity contribution in [3.63, 3.8) is 0 Å². The molecular weight excluding hydrogens is 258 g/mol. The maximum atomic E-state index is 11.8. The van der Waals surface area contributed by atoms with Crippen LogP contribution in [0.3, 0.4) is 0 Å². The van der Waals surface area contributed by atoms with Gasteiger partial charge in [0.25, 0.3) is 0 Å². The number of rotatable bonds is 3. The molecular formula is C12H12ClNO4. The molecule has 0 aromatic heterocycles. The van der Waals surface area contributed by atoms with Gasteiger partial charge in [-0.05, 0) is 12.1 Å². The monoisotopic (exact) mass is 269 g/mol. The van der Waals surface area contributed by atoms with Crippen molar-refractivity contribution in [2.24, 2.45) is 5.92 Å². The molecule has 96 valence electrons. The summed E-state index contributed by atoms with van der Waals surface area (Å²) in [6, 6.07) is 4.93. The Hall–Kier alpha value is -1.75. The SMILES string of the molecule is COc1cc(N2CC(C(=O)O)CC2=O)ccc1Cl. The highest BCUT2D eigenvalue weighted by atomic mass is 35.5. The lowest BCUT2D eigenvalue weighted by Gasteiger charge is -2.17. The van der Waals surface area contributed by atoms with Crippen LogP contribution in [0.1, 0.15) is 6.42 Å². The van der Waals surface area contributed by atoms with E-state index in [0.29, 0.717) is 16.5 Å². The number of hydrogen-bond donors (Lipinski definition) is 1. The number of anilines is 1. The van der Waals surface area contributed by atoms with Gasteiger partial charge in [0.2, 0.25) is 5.91 Å². The number of methoxy groups -OCH3 is 1. The van der Waals surface area contributed by atoms with Crippen molar-refractivity contribution in [1.29, 1.82) is 0 Å². The Balaban J connectivity index is 2.27. The summed E-state index contributed by atoms with van der Waals surface area (Å²) in [7, 11) is 1.48.